The Hall–Kier alpha value is -4.76. The maximum atomic E-state index is 13.4. The smallest absolute Gasteiger partial charge is 0.253 e. The third-order valence-corrected chi connectivity index (χ3v) is 7.95. The summed E-state index contributed by atoms with van der Waals surface area (Å²) in [7, 11) is 1.94. The number of carbonyl (C=O) groups is 2. The second-order valence-corrected chi connectivity index (χ2v) is 11.0. The number of rotatable bonds is 9. The molecule has 9 heteroatoms. The minimum absolute atomic E-state index is 0.0621. The Morgan fingerprint density at radius 1 is 1.14 bits per heavy atom. The van der Waals surface area contributed by atoms with Crippen molar-refractivity contribution in [1.82, 2.24) is 29.4 Å². The van der Waals surface area contributed by atoms with Gasteiger partial charge in [-0.2, -0.15) is 5.10 Å². The van der Waals surface area contributed by atoms with Crippen molar-refractivity contribution in [2.24, 2.45) is 7.05 Å². The summed E-state index contributed by atoms with van der Waals surface area (Å²) in [6, 6.07) is 17.9. The molecule has 6 rings (SSSR count). The van der Waals surface area contributed by atoms with Crippen LogP contribution in [0.4, 0.5) is 0 Å². The predicted molar refractivity (Wildman–Crippen MR) is 163 cm³/mol. The molecule has 42 heavy (non-hydrogen) atoms. The number of aromatic nitrogens is 4. The number of aryl methyl sites for hydroxylation is 2. The molecule has 0 unspecified atom stereocenters. The number of likely N-dealkylation sites (tertiary alicyclic amines) is 1. The summed E-state index contributed by atoms with van der Waals surface area (Å²) in [6.07, 6.45) is 6.85. The number of nitrogens with zero attached hydrogens (tertiary/aromatic N) is 5. The highest BCUT2D eigenvalue weighted by Crippen LogP contribution is 2.29. The number of nitrogens with one attached hydrogen (secondary N) is 1. The number of aliphatic hydroxyl groups excluding tert-OH is 1. The normalized spacial score (nSPS) is 14.2. The van der Waals surface area contributed by atoms with E-state index in [9.17, 15) is 14.7 Å². The fourth-order valence-electron chi connectivity index (χ4n) is 5.49. The van der Waals surface area contributed by atoms with E-state index in [0.29, 0.717) is 43.7 Å². The fourth-order valence-corrected chi connectivity index (χ4v) is 5.49. The molecule has 0 spiro atoms. The number of aliphatic hydroxyl groups is 1. The summed E-state index contributed by atoms with van der Waals surface area (Å²) in [4.78, 5) is 32.0. The Morgan fingerprint density at radius 3 is 2.74 bits per heavy atom. The molecule has 1 fully saturated rings. The average molecular weight is 563 g/mol. The lowest BCUT2D eigenvalue weighted by Crippen LogP contribution is -2.53. The summed E-state index contributed by atoms with van der Waals surface area (Å²) >= 11 is 0. The van der Waals surface area contributed by atoms with Gasteiger partial charge in [0.05, 0.1) is 17.7 Å². The first kappa shape index (κ1) is 27.4. The lowest BCUT2D eigenvalue weighted by Gasteiger charge is -2.35. The number of fused-ring (bicyclic) bond motifs is 2. The molecule has 3 aromatic heterocycles. The number of carbonyl (C=O) groups excluding carboxylic acids is 2. The molecule has 5 aromatic rings. The van der Waals surface area contributed by atoms with E-state index >= 15 is 0 Å². The van der Waals surface area contributed by atoms with Crippen LogP contribution in [0.5, 0.6) is 0 Å². The maximum absolute atomic E-state index is 13.4. The largest absolute Gasteiger partial charge is 0.389 e. The van der Waals surface area contributed by atoms with Gasteiger partial charge in [0, 0.05) is 56.3 Å². The molecule has 1 aliphatic rings. The Labute approximate surface area is 244 Å². The van der Waals surface area contributed by atoms with Crippen molar-refractivity contribution < 1.29 is 14.7 Å². The molecule has 1 saturated heterocycles. The van der Waals surface area contributed by atoms with Crippen LogP contribution in [0.25, 0.3) is 33.8 Å². The van der Waals surface area contributed by atoms with Crippen molar-refractivity contribution in [1.29, 1.82) is 0 Å². The van der Waals surface area contributed by atoms with Crippen LogP contribution in [0.3, 0.4) is 0 Å². The number of β-amino-alcohol motifs (C(OH)–C–C–N with tert-alkyl or cyclic N) is 1. The number of hydrogen-bond donors (Lipinski definition) is 2. The quantitative estimate of drug-likeness (QED) is 0.274. The summed E-state index contributed by atoms with van der Waals surface area (Å²) < 4.78 is 3.72. The summed E-state index contributed by atoms with van der Waals surface area (Å²) in [5.74, 6) is 0.622. The van der Waals surface area contributed by atoms with Crippen molar-refractivity contribution in [3.63, 3.8) is 0 Å². The molecule has 214 valence electrons. The highest BCUT2D eigenvalue weighted by atomic mass is 16.3. The number of hydrogen-bond acceptors (Lipinski definition) is 5. The van der Waals surface area contributed by atoms with Gasteiger partial charge in [-0.15, -0.1) is 0 Å². The van der Waals surface area contributed by atoms with E-state index in [1.54, 1.807) is 15.5 Å². The summed E-state index contributed by atoms with van der Waals surface area (Å²) in [6.45, 7) is 6.68. The van der Waals surface area contributed by atoms with Gasteiger partial charge in [0.25, 0.3) is 5.91 Å². The number of benzene rings is 2. The van der Waals surface area contributed by atoms with Gasteiger partial charge >= 0.3 is 0 Å². The molecule has 0 aliphatic carbocycles. The minimum Gasteiger partial charge on any atom is -0.389 e. The molecule has 1 atom stereocenters. The van der Waals surface area contributed by atoms with Crippen molar-refractivity contribution in [3.05, 3.63) is 96.1 Å². The van der Waals surface area contributed by atoms with Gasteiger partial charge < -0.3 is 19.9 Å². The molecule has 4 heterocycles. The van der Waals surface area contributed by atoms with Crippen LogP contribution in [0.1, 0.15) is 53.1 Å². The fraction of sp³-hybridized carbons (Fsp3) is 0.273. The first-order valence-corrected chi connectivity index (χ1v) is 14.2. The molecular formula is C33H34N6O3. The lowest BCUT2D eigenvalue weighted by molar-refractivity contribution is -0.141. The van der Waals surface area contributed by atoms with Crippen molar-refractivity contribution in [2.45, 2.75) is 38.3 Å². The van der Waals surface area contributed by atoms with Gasteiger partial charge in [-0.3, -0.25) is 9.59 Å². The van der Waals surface area contributed by atoms with Gasteiger partial charge in [0.1, 0.15) is 0 Å². The van der Waals surface area contributed by atoms with Crippen LogP contribution >= 0.6 is 0 Å². The summed E-state index contributed by atoms with van der Waals surface area (Å²) in [5, 5.41) is 18.0. The van der Waals surface area contributed by atoms with Gasteiger partial charge in [0.2, 0.25) is 5.91 Å². The number of pyridine rings is 1. The SMILES string of the molecule is C=Cc1cccc([C@H](C)NC(=O)c2cn(C)c3ccc(-c4ccn5nc(CCCC(=O)N6CC(O)C6)nc5c4)cc23)c1. The molecule has 2 amide bonds. The van der Waals surface area contributed by atoms with E-state index in [-0.39, 0.29) is 24.0 Å². The molecular weight excluding hydrogens is 528 g/mol. The van der Waals surface area contributed by atoms with Gasteiger partial charge in [-0.1, -0.05) is 36.9 Å². The molecule has 9 nitrogen and oxygen atoms in total. The Morgan fingerprint density at radius 2 is 1.95 bits per heavy atom. The molecule has 1 aliphatic heterocycles. The third-order valence-electron chi connectivity index (χ3n) is 7.95. The zero-order chi connectivity index (χ0) is 29.4. The standard InChI is InChI=1S/C33H34N6O3/c1-4-22-7-5-8-23(15-22)21(2)34-33(42)28-20-37(3)29-12-11-24(16-27(28)29)25-13-14-39-31(17-25)35-30(36-39)9-6-10-32(41)38-18-26(40)19-38/h4-5,7-8,11-17,20-21,26,40H,1,6,9-10,18-19H2,2-3H3,(H,34,42)/t21-/m0/s1. The zero-order valence-electron chi connectivity index (χ0n) is 23.8. The maximum Gasteiger partial charge on any atom is 0.253 e. The van der Waals surface area contributed by atoms with E-state index in [1.807, 2.05) is 73.4 Å². The van der Waals surface area contributed by atoms with E-state index in [4.69, 9.17) is 0 Å². The van der Waals surface area contributed by atoms with Crippen molar-refractivity contribution in [3.8, 4) is 11.1 Å². The van der Waals surface area contributed by atoms with Crippen LogP contribution in [0.15, 0.2) is 73.6 Å². The van der Waals surface area contributed by atoms with E-state index in [1.165, 1.54) is 0 Å². The van der Waals surface area contributed by atoms with Gasteiger partial charge in [-0.05, 0) is 65.9 Å². The highest BCUT2D eigenvalue weighted by Gasteiger charge is 2.28. The van der Waals surface area contributed by atoms with Crippen molar-refractivity contribution in [2.75, 3.05) is 13.1 Å². The second kappa shape index (κ2) is 11.3. The Balaban J connectivity index is 1.19. The lowest BCUT2D eigenvalue weighted by atomic mass is 10.0. The van der Waals surface area contributed by atoms with Crippen LogP contribution in [0, 0.1) is 0 Å². The average Bonchev–Trinajstić information content (AvgIpc) is 3.54. The van der Waals surface area contributed by atoms with Crippen LogP contribution in [-0.4, -0.2) is 60.2 Å². The topological polar surface area (TPSA) is 105 Å². The van der Waals surface area contributed by atoms with E-state index in [2.05, 4.69) is 34.1 Å². The van der Waals surface area contributed by atoms with Gasteiger partial charge in [0.15, 0.2) is 11.5 Å². The van der Waals surface area contributed by atoms with Gasteiger partial charge in [-0.25, -0.2) is 9.50 Å². The summed E-state index contributed by atoms with van der Waals surface area (Å²) in [5.41, 5.74) is 6.29. The van der Waals surface area contributed by atoms with Crippen molar-refractivity contribution >= 4 is 34.4 Å². The Kier molecular flexibility index (Phi) is 7.34. The third kappa shape index (κ3) is 5.43. The van der Waals surface area contributed by atoms with Crippen LogP contribution < -0.4 is 5.32 Å². The first-order chi connectivity index (χ1) is 20.3. The second-order valence-electron chi connectivity index (χ2n) is 11.0. The first-order valence-electron chi connectivity index (χ1n) is 14.2. The number of amides is 2. The van der Waals surface area contributed by atoms with E-state index < -0.39 is 0 Å². The molecule has 0 bridgehead atoms. The molecule has 0 radical (unpaired) electrons. The van der Waals surface area contributed by atoms with Crippen LogP contribution in [-0.2, 0) is 18.3 Å². The Bertz CT molecular complexity index is 1810. The van der Waals surface area contributed by atoms with E-state index in [0.717, 1.165) is 38.8 Å². The molecule has 2 N–H and O–H groups in total. The van der Waals surface area contributed by atoms with Crippen LogP contribution in [0.2, 0.25) is 0 Å². The molecule has 2 aromatic carbocycles. The zero-order valence-corrected chi connectivity index (χ0v) is 23.8. The monoisotopic (exact) mass is 562 g/mol. The highest BCUT2D eigenvalue weighted by molar-refractivity contribution is 6.08. The molecule has 0 saturated carbocycles. The minimum atomic E-state index is -0.385. The predicted octanol–water partition coefficient (Wildman–Crippen LogP) is 4.55.